The van der Waals surface area contributed by atoms with Gasteiger partial charge in [-0.1, -0.05) is 12.1 Å². The molecule has 24 heavy (non-hydrogen) atoms. The van der Waals surface area contributed by atoms with Gasteiger partial charge in [0, 0.05) is 12.1 Å². The van der Waals surface area contributed by atoms with Crippen LogP contribution in [0.15, 0.2) is 57.7 Å². The van der Waals surface area contributed by atoms with Crippen molar-refractivity contribution >= 4 is 17.1 Å². The Balaban J connectivity index is 2.12. The Kier molecular flexibility index (Phi) is 4.20. The molecule has 3 aromatic rings. The summed E-state index contributed by atoms with van der Waals surface area (Å²) in [5, 5.41) is 10.1. The van der Waals surface area contributed by atoms with Gasteiger partial charge in [-0.25, -0.2) is 4.79 Å². The van der Waals surface area contributed by atoms with E-state index in [2.05, 4.69) is 0 Å². The molecule has 3 rings (SSSR count). The number of ether oxygens (including phenoxy) is 2. The SMILES string of the molecule is CCOC(=O)Oc1cc(O)ccc1-c1cc(=O)c2ccccc2o1. The van der Waals surface area contributed by atoms with E-state index in [9.17, 15) is 14.7 Å². The van der Waals surface area contributed by atoms with Crippen LogP contribution in [-0.2, 0) is 4.74 Å². The third kappa shape index (κ3) is 3.08. The van der Waals surface area contributed by atoms with Crippen LogP contribution >= 0.6 is 0 Å². The minimum atomic E-state index is -0.910. The van der Waals surface area contributed by atoms with Crippen LogP contribution in [-0.4, -0.2) is 17.9 Å². The number of carbonyl (C=O) groups is 1. The Bertz CT molecular complexity index is 957. The van der Waals surface area contributed by atoms with Crippen LogP contribution in [0.4, 0.5) is 4.79 Å². The summed E-state index contributed by atoms with van der Waals surface area (Å²) in [6.45, 7) is 1.80. The molecule has 122 valence electrons. The van der Waals surface area contributed by atoms with Crippen LogP contribution < -0.4 is 10.2 Å². The van der Waals surface area contributed by atoms with E-state index in [4.69, 9.17) is 13.9 Å². The van der Waals surface area contributed by atoms with Crippen LogP contribution in [0.1, 0.15) is 6.92 Å². The summed E-state index contributed by atoms with van der Waals surface area (Å²) >= 11 is 0. The van der Waals surface area contributed by atoms with Crippen molar-refractivity contribution in [2.45, 2.75) is 6.92 Å². The predicted molar refractivity (Wildman–Crippen MR) is 87.2 cm³/mol. The molecule has 0 fully saturated rings. The number of phenols is 1. The van der Waals surface area contributed by atoms with Gasteiger partial charge in [0.05, 0.1) is 17.6 Å². The summed E-state index contributed by atoms with van der Waals surface area (Å²) in [4.78, 5) is 23.8. The quantitative estimate of drug-likeness (QED) is 0.583. The molecule has 1 N–H and O–H groups in total. The van der Waals surface area contributed by atoms with Gasteiger partial charge in [-0.3, -0.25) is 4.79 Å². The number of aromatic hydroxyl groups is 1. The standard InChI is InChI=1S/C18H14O6/c1-2-22-18(21)24-16-9-11(19)7-8-13(16)17-10-14(20)12-5-3-4-6-15(12)23-17/h3-10,19H,2H2,1H3. The normalized spacial score (nSPS) is 10.5. The minimum Gasteiger partial charge on any atom is -0.508 e. The van der Waals surface area contributed by atoms with Gasteiger partial charge < -0.3 is 19.0 Å². The van der Waals surface area contributed by atoms with Gasteiger partial charge in [0.15, 0.2) is 5.43 Å². The highest BCUT2D eigenvalue weighted by Crippen LogP contribution is 2.34. The molecule has 0 saturated carbocycles. The fourth-order valence-corrected chi connectivity index (χ4v) is 2.27. The van der Waals surface area contributed by atoms with E-state index >= 15 is 0 Å². The van der Waals surface area contributed by atoms with Gasteiger partial charge in [-0.05, 0) is 31.2 Å². The van der Waals surface area contributed by atoms with E-state index < -0.39 is 6.16 Å². The lowest BCUT2D eigenvalue weighted by Gasteiger charge is -2.10. The fraction of sp³-hybridized carbons (Fsp3) is 0.111. The van der Waals surface area contributed by atoms with E-state index in [1.54, 1.807) is 31.2 Å². The van der Waals surface area contributed by atoms with E-state index in [1.807, 2.05) is 0 Å². The first-order valence-corrected chi connectivity index (χ1v) is 7.29. The Morgan fingerprint density at radius 3 is 2.75 bits per heavy atom. The maximum atomic E-state index is 12.2. The molecule has 0 aliphatic carbocycles. The third-order valence-corrected chi connectivity index (χ3v) is 3.32. The van der Waals surface area contributed by atoms with Crippen molar-refractivity contribution in [2.24, 2.45) is 0 Å². The molecule has 0 bridgehead atoms. The molecule has 0 unspecified atom stereocenters. The van der Waals surface area contributed by atoms with Crippen LogP contribution in [0.5, 0.6) is 11.5 Å². The summed E-state index contributed by atoms with van der Waals surface area (Å²) in [6, 6.07) is 12.3. The topological polar surface area (TPSA) is 86.0 Å². The van der Waals surface area contributed by atoms with Crippen LogP contribution in [0.25, 0.3) is 22.3 Å². The number of para-hydroxylation sites is 1. The molecule has 0 aliphatic rings. The Labute approximate surface area is 136 Å². The van der Waals surface area contributed by atoms with E-state index in [-0.39, 0.29) is 29.3 Å². The lowest BCUT2D eigenvalue weighted by atomic mass is 10.1. The highest BCUT2D eigenvalue weighted by atomic mass is 16.7. The first-order chi connectivity index (χ1) is 11.6. The molecule has 1 heterocycles. The fourth-order valence-electron chi connectivity index (χ4n) is 2.27. The predicted octanol–water partition coefficient (Wildman–Crippen LogP) is 3.70. The van der Waals surface area contributed by atoms with Crippen molar-refractivity contribution < 1.29 is 23.8 Å². The smallest absolute Gasteiger partial charge is 0.508 e. The summed E-state index contributed by atoms with van der Waals surface area (Å²) < 4.78 is 15.6. The summed E-state index contributed by atoms with van der Waals surface area (Å²) in [5.41, 5.74) is 0.542. The van der Waals surface area contributed by atoms with Crippen molar-refractivity contribution in [3.8, 4) is 22.8 Å². The van der Waals surface area contributed by atoms with E-state index in [0.29, 0.717) is 16.5 Å². The van der Waals surface area contributed by atoms with Crippen LogP contribution in [0.2, 0.25) is 0 Å². The third-order valence-electron chi connectivity index (χ3n) is 3.32. The van der Waals surface area contributed by atoms with Crippen molar-refractivity contribution in [1.29, 1.82) is 0 Å². The average molecular weight is 326 g/mol. The second-order valence-corrected chi connectivity index (χ2v) is 4.94. The zero-order valence-electron chi connectivity index (χ0n) is 12.8. The Morgan fingerprint density at radius 1 is 1.17 bits per heavy atom. The molecule has 2 aromatic carbocycles. The van der Waals surface area contributed by atoms with Crippen molar-refractivity contribution in [3.05, 3.63) is 58.8 Å². The first-order valence-electron chi connectivity index (χ1n) is 7.29. The maximum absolute atomic E-state index is 12.2. The van der Waals surface area contributed by atoms with Crippen molar-refractivity contribution in [3.63, 3.8) is 0 Å². The van der Waals surface area contributed by atoms with Crippen LogP contribution in [0.3, 0.4) is 0 Å². The van der Waals surface area contributed by atoms with Crippen molar-refractivity contribution in [1.82, 2.24) is 0 Å². The molecule has 0 atom stereocenters. The lowest BCUT2D eigenvalue weighted by Crippen LogP contribution is -2.11. The second-order valence-electron chi connectivity index (χ2n) is 4.94. The molecule has 0 saturated heterocycles. The van der Waals surface area contributed by atoms with E-state index in [0.717, 1.165) is 0 Å². The summed E-state index contributed by atoms with van der Waals surface area (Å²) in [5.74, 6) is 0.158. The number of phenolic OH excluding ortho intramolecular Hbond substituents is 1. The molecule has 0 spiro atoms. The molecule has 0 aliphatic heterocycles. The lowest BCUT2D eigenvalue weighted by molar-refractivity contribution is 0.104. The summed E-state index contributed by atoms with van der Waals surface area (Å²) in [7, 11) is 0. The summed E-state index contributed by atoms with van der Waals surface area (Å²) in [6.07, 6.45) is -0.910. The zero-order chi connectivity index (χ0) is 17.1. The number of rotatable bonds is 3. The molecule has 1 aromatic heterocycles. The number of hydrogen-bond acceptors (Lipinski definition) is 6. The highest BCUT2D eigenvalue weighted by molar-refractivity contribution is 5.80. The van der Waals surface area contributed by atoms with Gasteiger partial charge in [0.1, 0.15) is 22.8 Å². The van der Waals surface area contributed by atoms with Crippen LogP contribution in [0, 0.1) is 0 Å². The molecular formula is C18H14O6. The number of hydrogen-bond donors (Lipinski definition) is 1. The molecule has 0 amide bonds. The molecular weight excluding hydrogens is 312 g/mol. The Hall–Kier alpha value is -3.28. The largest absolute Gasteiger partial charge is 0.513 e. The Morgan fingerprint density at radius 2 is 1.96 bits per heavy atom. The number of fused-ring (bicyclic) bond motifs is 1. The zero-order valence-corrected chi connectivity index (χ0v) is 12.8. The van der Waals surface area contributed by atoms with Gasteiger partial charge in [-0.2, -0.15) is 0 Å². The van der Waals surface area contributed by atoms with Crippen molar-refractivity contribution in [2.75, 3.05) is 6.61 Å². The van der Waals surface area contributed by atoms with E-state index in [1.165, 1.54) is 24.3 Å². The number of benzene rings is 2. The van der Waals surface area contributed by atoms with Gasteiger partial charge in [0.2, 0.25) is 0 Å². The van der Waals surface area contributed by atoms with Gasteiger partial charge >= 0.3 is 6.16 Å². The minimum absolute atomic E-state index is 0.0341. The second kappa shape index (κ2) is 6.45. The molecule has 0 radical (unpaired) electrons. The average Bonchev–Trinajstić information content (AvgIpc) is 2.55. The van der Waals surface area contributed by atoms with Gasteiger partial charge in [-0.15, -0.1) is 0 Å². The molecule has 6 heteroatoms. The molecule has 6 nitrogen and oxygen atoms in total. The first kappa shape index (κ1) is 15.6. The van der Waals surface area contributed by atoms with Gasteiger partial charge in [0.25, 0.3) is 0 Å². The monoisotopic (exact) mass is 326 g/mol. The number of carbonyl (C=O) groups excluding carboxylic acids is 1. The maximum Gasteiger partial charge on any atom is 0.513 e. The highest BCUT2D eigenvalue weighted by Gasteiger charge is 2.16.